The van der Waals surface area contributed by atoms with Gasteiger partial charge in [-0.1, -0.05) is 68.8 Å². The number of halogens is 1. The first-order valence-electron chi connectivity index (χ1n) is 12.7. The first kappa shape index (κ1) is 31.2. The zero-order valence-corrected chi connectivity index (χ0v) is 24.9. The van der Waals surface area contributed by atoms with Crippen LogP contribution in [0.15, 0.2) is 60.7 Å². The van der Waals surface area contributed by atoms with E-state index in [-0.39, 0.29) is 24.8 Å². The number of hydrogen-bond acceptors (Lipinski definition) is 7. The predicted molar refractivity (Wildman–Crippen MR) is 157 cm³/mol. The summed E-state index contributed by atoms with van der Waals surface area (Å²) in [4.78, 5) is 0. The van der Waals surface area contributed by atoms with Gasteiger partial charge in [-0.3, -0.25) is 0 Å². The van der Waals surface area contributed by atoms with Crippen molar-refractivity contribution in [3.8, 4) is 17.2 Å². The summed E-state index contributed by atoms with van der Waals surface area (Å²) in [7, 11) is 1.86. The summed E-state index contributed by atoms with van der Waals surface area (Å²) in [5.41, 5.74) is 0.432. The van der Waals surface area contributed by atoms with Gasteiger partial charge in [-0.15, -0.1) is 0 Å². The van der Waals surface area contributed by atoms with E-state index in [1.807, 2.05) is 81.4 Å². The molecule has 0 radical (unpaired) electrons. The van der Waals surface area contributed by atoms with E-state index in [2.05, 4.69) is 0 Å². The van der Waals surface area contributed by atoms with Crippen molar-refractivity contribution in [2.24, 2.45) is 0 Å². The quantitative estimate of drug-likeness (QED) is 0.153. The zero-order chi connectivity index (χ0) is 28.3. The lowest BCUT2D eigenvalue weighted by atomic mass is 9.86. The molecule has 0 aromatic heterocycles. The topological polar surface area (TPSA) is 75.6 Å². The third kappa shape index (κ3) is 8.81. The third-order valence-corrected chi connectivity index (χ3v) is 8.52. The van der Waals surface area contributed by atoms with Gasteiger partial charge in [-0.2, -0.15) is 0 Å². The Bertz CT molecular complexity index is 1120. The molecule has 7 nitrogen and oxygen atoms in total. The average molecular weight is 577 g/mol. The number of phenolic OH excluding ortho intramolecular Hbond substituents is 1. The highest BCUT2D eigenvalue weighted by atomic mass is 35.5. The minimum absolute atomic E-state index is 0.0593. The van der Waals surface area contributed by atoms with Gasteiger partial charge in [0.15, 0.2) is 13.6 Å². The smallest absolute Gasteiger partial charge is 0.189 e. The largest absolute Gasteiger partial charge is 0.507 e. The van der Waals surface area contributed by atoms with Crippen molar-refractivity contribution in [3.05, 3.63) is 71.2 Å². The standard InChI is InChI=1S/C30H38ClO7P/c1-30(2,3)23-18-22(31)19-28(29(23)32)39(26-12-8-6-10-24(26)37-20-35-16-14-33-4)27-13-9-7-11-25(27)38-21-36-17-15-34-5/h6-13,18-19,32H,14-17,20-21H2,1-5H3. The van der Waals surface area contributed by atoms with E-state index in [4.69, 9.17) is 40.0 Å². The number of phenols is 1. The Balaban J connectivity index is 2.12. The van der Waals surface area contributed by atoms with E-state index in [0.717, 1.165) is 16.2 Å². The lowest BCUT2D eigenvalue weighted by Gasteiger charge is -2.28. The number of benzene rings is 3. The summed E-state index contributed by atoms with van der Waals surface area (Å²) < 4.78 is 33.4. The van der Waals surface area contributed by atoms with E-state index in [1.54, 1.807) is 14.2 Å². The number of para-hydroxylation sites is 2. The van der Waals surface area contributed by atoms with Gasteiger partial charge in [-0.05, 0) is 37.6 Å². The Morgan fingerprint density at radius 3 is 1.67 bits per heavy atom. The van der Waals surface area contributed by atoms with Crippen LogP contribution in [-0.2, 0) is 24.4 Å². The molecule has 39 heavy (non-hydrogen) atoms. The van der Waals surface area contributed by atoms with Gasteiger partial charge in [0.25, 0.3) is 0 Å². The summed E-state index contributed by atoms with van der Waals surface area (Å²) in [5.74, 6) is 1.49. The molecule has 0 aliphatic heterocycles. The van der Waals surface area contributed by atoms with Gasteiger partial charge in [0.1, 0.15) is 17.2 Å². The summed E-state index contributed by atoms with van der Waals surface area (Å²) in [6, 6.07) is 19.2. The highest BCUT2D eigenvalue weighted by Gasteiger charge is 2.30. The first-order chi connectivity index (χ1) is 18.8. The lowest BCUT2D eigenvalue weighted by molar-refractivity contribution is -0.00801. The van der Waals surface area contributed by atoms with Crippen LogP contribution in [0.5, 0.6) is 17.2 Å². The second kappa shape index (κ2) is 15.4. The van der Waals surface area contributed by atoms with Crippen molar-refractivity contribution in [2.75, 3.05) is 54.2 Å². The Labute approximate surface area is 237 Å². The minimum Gasteiger partial charge on any atom is -0.507 e. The molecule has 0 unspecified atom stereocenters. The average Bonchev–Trinajstić information content (AvgIpc) is 2.91. The Hall–Kier alpha value is -2.38. The predicted octanol–water partition coefficient (Wildman–Crippen LogP) is 5.10. The normalized spacial score (nSPS) is 11.7. The molecule has 0 heterocycles. The van der Waals surface area contributed by atoms with Crippen LogP contribution in [0.1, 0.15) is 26.3 Å². The van der Waals surface area contributed by atoms with E-state index >= 15 is 0 Å². The second-order valence-electron chi connectivity index (χ2n) is 9.67. The number of hydrogen-bond donors (Lipinski definition) is 1. The summed E-state index contributed by atoms with van der Waals surface area (Å²) in [6.45, 7) is 8.04. The summed E-state index contributed by atoms with van der Waals surface area (Å²) in [5, 5.41) is 14.7. The van der Waals surface area contributed by atoms with Gasteiger partial charge in [0, 0.05) is 40.7 Å². The molecule has 1 N–H and O–H groups in total. The molecule has 0 saturated heterocycles. The molecule has 3 aromatic rings. The van der Waals surface area contributed by atoms with Crippen LogP contribution in [0.25, 0.3) is 0 Å². The SMILES string of the molecule is COCCOCOc1ccccc1P(c1ccccc1OCOCCOC)c1cc(Cl)cc(C(C)(C)C)c1O. The number of aromatic hydroxyl groups is 1. The lowest BCUT2D eigenvalue weighted by Crippen LogP contribution is -2.26. The van der Waals surface area contributed by atoms with Crippen LogP contribution in [0.3, 0.4) is 0 Å². The van der Waals surface area contributed by atoms with Gasteiger partial charge >= 0.3 is 0 Å². The van der Waals surface area contributed by atoms with Crippen molar-refractivity contribution in [1.82, 2.24) is 0 Å². The van der Waals surface area contributed by atoms with Crippen LogP contribution >= 0.6 is 19.5 Å². The molecule has 0 bridgehead atoms. The summed E-state index contributed by atoms with van der Waals surface area (Å²) in [6.07, 6.45) is 0. The molecule has 3 rings (SSSR count). The van der Waals surface area contributed by atoms with Gasteiger partial charge in [0.2, 0.25) is 0 Å². The Morgan fingerprint density at radius 2 is 1.21 bits per heavy atom. The van der Waals surface area contributed by atoms with E-state index in [0.29, 0.717) is 48.3 Å². The molecule has 0 saturated carbocycles. The maximum absolute atomic E-state index is 11.7. The molecular formula is C30H38ClO7P. The third-order valence-electron chi connectivity index (χ3n) is 5.77. The Morgan fingerprint density at radius 1 is 0.718 bits per heavy atom. The zero-order valence-electron chi connectivity index (χ0n) is 23.2. The van der Waals surface area contributed by atoms with E-state index in [1.165, 1.54) is 0 Å². The number of methoxy groups -OCH3 is 2. The fraction of sp³-hybridized carbons (Fsp3) is 0.400. The van der Waals surface area contributed by atoms with Crippen LogP contribution in [0.2, 0.25) is 5.02 Å². The van der Waals surface area contributed by atoms with Crippen molar-refractivity contribution in [2.45, 2.75) is 26.2 Å². The van der Waals surface area contributed by atoms with Crippen LogP contribution < -0.4 is 25.4 Å². The molecule has 0 amide bonds. The molecule has 9 heteroatoms. The van der Waals surface area contributed by atoms with Gasteiger partial charge in [0.05, 0.1) is 26.4 Å². The Kier molecular flexibility index (Phi) is 12.3. The van der Waals surface area contributed by atoms with Gasteiger partial charge in [-0.25, -0.2) is 0 Å². The molecule has 0 atom stereocenters. The molecule has 0 spiro atoms. The molecule has 0 fully saturated rings. The molecule has 0 aliphatic carbocycles. The fourth-order valence-electron chi connectivity index (χ4n) is 3.86. The minimum atomic E-state index is -1.39. The number of rotatable bonds is 15. The number of ether oxygens (including phenoxy) is 6. The van der Waals surface area contributed by atoms with Gasteiger partial charge < -0.3 is 33.5 Å². The molecule has 0 aliphatic rings. The van der Waals surface area contributed by atoms with Crippen molar-refractivity contribution < 1.29 is 33.5 Å². The molecular weight excluding hydrogens is 539 g/mol. The monoisotopic (exact) mass is 576 g/mol. The highest BCUT2D eigenvalue weighted by Crippen LogP contribution is 2.45. The molecule has 212 valence electrons. The van der Waals surface area contributed by atoms with Crippen molar-refractivity contribution >= 4 is 35.4 Å². The van der Waals surface area contributed by atoms with Crippen LogP contribution in [0.4, 0.5) is 0 Å². The highest BCUT2D eigenvalue weighted by molar-refractivity contribution is 7.80. The first-order valence-corrected chi connectivity index (χ1v) is 14.4. The van der Waals surface area contributed by atoms with Crippen molar-refractivity contribution in [3.63, 3.8) is 0 Å². The van der Waals surface area contributed by atoms with Crippen LogP contribution in [-0.4, -0.2) is 59.3 Å². The summed E-state index contributed by atoms with van der Waals surface area (Å²) >= 11 is 6.66. The second-order valence-corrected chi connectivity index (χ2v) is 12.2. The van der Waals surface area contributed by atoms with E-state index < -0.39 is 7.92 Å². The maximum Gasteiger partial charge on any atom is 0.189 e. The van der Waals surface area contributed by atoms with Crippen LogP contribution in [0, 0.1) is 0 Å². The van der Waals surface area contributed by atoms with Crippen molar-refractivity contribution in [1.29, 1.82) is 0 Å². The fourth-order valence-corrected chi connectivity index (χ4v) is 6.72. The maximum atomic E-state index is 11.7. The molecule has 3 aromatic carbocycles. The van der Waals surface area contributed by atoms with E-state index in [9.17, 15) is 5.11 Å².